The van der Waals surface area contributed by atoms with E-state index in [1.165, 1.54) is 33.5 Å². The molecule has 4 N–H and O–H groups in total. The Morgan fingerprint density at radius 2 is 1.59 bits per heavy atom. The second kappa shape index (κ2) is 22.7. The van der Waals surface area contributed by atoms with E-state index in [-0.39, 0.29) is 31.4 Å². The van der Waals surface area contributed by atoms with Crippen LogP contribution in [0.4, 0.5) is 10.6 Å². The maximum atomic E-state index is 12.2. The van der Waals surface area contributed by atoms with Gasteiger partial charge in [0.25, 0.3) is 0 Å². The number of carboxylic acid groups (broad SMARTS) is 1. The molecule has 0 bridgehead atoms. The molecule has 240 valence electrons. The number of amides is 2. The van der Waals surface area contributed by atoms with E-state index in [0.29, 0.717) is 18.6 Å². The molecule has 1 aliphatic heterocycles. The Kier molecular flexibility index (Phi) is 18.7. The summed E-state index contributed by atoms with van der Waals surface area (Å²) in [4.78, 5) is 40.8. The van der Waals surface area contributed by atoms with Crippen molar-refractivity contribution in [2.45, 2.75) is 70.0 Å². The molecule has 11 heteroatoms. The summed E-state index contributed by atoms with van der Waals surface area (Å²) < 4.78 is 7.20. The highest BCUT2D eigenvalue weighted by molar-refractivity contribution is 8.00. The van der Waals surface area contributed by atoms with Crippen LogP contribution in [-0.2, 0) is 9.53 Å². The van der Waals surface area contributed by atoms with Crippen LogP contribution in [-0.4, -0.2) is 62.4 Å². The number of thioether (sulfide) groups is 1. The van der Waals surface area contributed by atoms with E-state index in [2.05, 4.69) is 78.0 Å². The van der Waals surface area contributed by atoms with E-state index in [1.54, 1.807) is 0 Å². The van der Waals surface area contributed by atoms with Gasteiger partial charge in [0, 0.05) is 31.5 Å². The van der Waals surface area contributed by atoms with E-state index in [1.807, 2.05) is 12.2 Å². The van der Waals surface area contributed by atoms with Crippen molar-refractivity contribution in [2.24, 2.45) is 0 Å². The number of hydrogen-bond acceptors (Lipinski definition) is 7. The van der Waals surface area contributed by atoms with Crippen LogP contribution in [0.2, 0.25) is 0 Å². The molecular weight excluding hydrogens is 578 g/mol. The van der Waals surface area contributed by atoms with Crippen molar-refractivity contribution in [3.05, 3.63) is 95.7 Å². The van der Waals surface area contributed by atoms with Crippen LogP contribution < -0.4 is 16.7 Å². The van der Waals surface area contributed by atoms with Crippen LogP contribution in [0.3, 0.4) is 0 Å². The Labute approximate surface area is 265 Å². The highest BCUT2D eigenvalue weighted by Crippen LogP contribution is 2.31. The number of allylic oxidation sites excluding steroid dienone is 12. The van der Waals surface area contributed by atoms with Gasteiger partial charge >= 0.3 is 11.8 Å². The molecule has 1 aromatic heterocycles. The molecule has 1 aliphatic rings. The number of ether oxygens (including phenoxy) is 1. The normalized spacial score (nSPS) is 17.4. The van der Waals surface area contributed by atoms with Crippen LogP contribution in [0, 0.1) is 0 Å². The zero-order valence-corrected chi connectivity index (χ0v) is 26.4. The average molecular weight is 626 g/mol. The number of nitrogens with one attached hydrogen (secondary N) is 1. The molecule has 2 atom stereocenters. The molecule has 0 aromatic carbocycles. The zero-order valence-electron chi connectivity index (χ0n) is 25.6. The van der Waals surface area contributed by atoms with E-state index >= 15 is 0 Å². The Hall–Kier alpha value is -3.83. The lowest BCUT2D eigenvalue weighted by Crippen LogP contribution is -2.41. The van der Waals surface area contributed by atoms with Gasteiger partial charge in [-0.25, -0.2) is 9.59 Å². The number of hydrogen-bond donors (Lipinski definition) is 3. The first kappa shape index (κ1) is 36.4. The van der Waals surface area contributed by atoms with Crippen molar-refractivity contribution < 1.29 is 19.4 Å². The summed E-state index contributed by atoms with van der Waals surface area (Å²) in [5.41, 5.74) is 4.57. The van der Waals surface area contributed by atoms with E-state index in [4.69, 9.17) is 10.5 Å². The third-order valence-corrected chi connectivity index (χ3v) is 7.48. The van der Waals surface area contributed by atoms with Gasteiger partial charge in [-0.2, -0.15) is 4.98 Å². The number of nitrogens with zero attached hydrogens (tertiary/aromatic N) is 3. The maximum Gasteiger partial charge on any atom is 0.407 e. The predicted molar refractivity (Wildman–Crippen MR) is 179 cm³/mol. The lowest BCUT2D eigenvalue weighted by molar-refractivity contribution is -0.121. The number of rotatable bonds is 20. The van der Waals surface area contributed by atoms with Gasteiger partial charge in [-0.15, -0.1) is 11.8 Å². The number of anilines is 1. The lowest BCUT2D eigenvalue weighted by Gasteiger charge is -2.23. The molecule has 2 rings (SSSR count). The first-order valence-corrected chi connectivity index (χ1v) is 16.2. The fourth-order valence-corrected chi connectivity index (χ4v) is 5.16. The molecular formula is C33H47N5O5S. The fourth-order valence-electron chi connectivity index (χ4n) is 4.05. The molecule has 0 aliphatic carbocycles. The van der Waals surface area contributed by atoms with Gasteiger partial charge in [-0.1, -0.05) is 79.8 Å². The second-order valence-electron chi connectivity index (χ2n) is 9.93. The third kappa shape index (κ3) is 16.1. The van der Waals surface area contributed by atoms with Crippen molar-refractivity contribution in [2.75, 3.05) is 31.1 Å². The van der Waals surface area contributed by atoms with Gasteiger partial charge < -0.3 is 25.8 Å². The van der Waals surface area contributed by atoms with E-state index in [9.17, 15) is 19.5 Å². The number of carbonyl (C=O) groups excluding carboxylic acids is 1. The molecule has 10 nitrogen and oxygen atoms in total. The van der Waals surface area contributed by atoms with Crippen LogP contribution in [0.15, 0.2) is 90.0 Å². The minimum absolute atomic E-state index is 0.113. The maximum absolute atomic E-state index is 12.2. The monoisotopic (exact) mass is 625 g/mol. The molecule has 44 heavy (non-hydrogen) atoms. The third-order valence-electron chi connectivity index (χ3n) is 6.37. The van der Waals surface area contributed by atoms with Gasteiger partial charge in [-0.05, 0) is 51.0 Å². The Balaban J connectivity index is 1.52. The zero-order chi connectivity index (χ0) is 31.8. The van der Waals surface area contributed by atoms with E-state index in [0.717, 1.165) is 38.5 Å². The van der Waals surface area contributed by atoms with Crippen LogP contribution >= 0.6 is 11.8 Å². The summed E-state index contributed by atoms with van der Waals surface area (Å²) in [6, 6.07) is 1.51. The van der Waals surface area contributed by atoms with E-state index < -0.39 is 23.4 Å². The van der Waals surface area contributed by atoms with Crippen LogP contribution in [0.1, 0.15) is 64.5 Å². The average Bonchev–Trinajstić information content (AvgIpc) is 3.46. The SMILES string of the molecule is CC/C=C\C/C=C\C/C=C\C/C=C\C/C=C\C/C=C\CCC(=O)NCCN(C[C@@H]1O[C@H](n2ccc(N)nc2=O)CS1)C(=O)O. The van der Waals surface area contributed by atoms with Crippen LogP contribution in [0.25, 0.3) is 0 Å². The first-order chi connectivity index (χ1) is 21.4. The van der Waals surface area contributed by atoms with Crippen molar-refractivity contribution in [1.29, 1.82) is 0 Å². The van der Waals surface area contributed by atoms with Crippen LogP contribution in [0.5, 0.6) is 0 Å². The highest BCUT2D eigenvalue weighted by Gasteiger charge is 2.30. The number of carbonyl (C=O) groups is 2. The smallest absolute Gasteiger partial charge is 0.407 e. The van der Waals surface area contributed by atoms with Gasteiger partial charge in [0.15, 0.2) is 0 Å². The Bertz CT molecular complexity index is 1240. The van der Waals surface area contributed by atoms with Crippen molar-refractivity contribution >= 4 is 29.6 Å². The second-order valence-corrected chi connectivity index (χ2v) is 11.1. The number of nitrogen functional groups attached to an aromatic ring is 1. The molecule has 2 heterocycles. The standard InChI is InChI=1S/C33H47N5O5S/c1-2-3-4-5-6-7-8-9-10-11-12-13-14-15-16-17-18-19-20-21-29(39)35-23-25-37(33(41)42)26-31-43-30(27-44-31)38-24-22-28(34)36-32(38)40/h3-4,6-7,9-10,12-13,15-16,18-19,22,24,30-31H,2,5,8,11,14,17,20-21,23,25-27H2,1H3,(H,35,39)(H,41,42)(H2,34,36,40)/b4-3-,7-6-,10-9-,13-12-,16-15-,19-18-/t30-,31+/m0/s1. The van der Waals surface area contributed by atoms with Gasteiger partial charge in [0.2, 0.25) is 5.91 Å². The fraction of sp³-hybridized carbons (Fsp3) is 0.455. The molecule has 0 saturated carbocycles. The minimum Gasteiger partial charge on any atom is -0.465 e. The summed E-state index contributed by atoms with van der Waals surface area (Å²) in [7, 11) is 0. The van der Waals surface area contributed by atoms with Gasteiger partial charge in [-0.3, -0.25) is 9.36 Å². The molecule has 1 saturated heterocycles. The quantitative estimate of drug-likeness (QED) is 0.150. The van der Waals surface area contributed by atoms with Crippen molar-refractivity contribution in [3.8, 4) is 0 Å². The summed E-state index contributed by atoms with van der Waals surface area (Å²) in [5.74, 6) is 0.483. The predicted octanol–water partition coefficient (Wildman–Crippen LogP) is 5.99. The first-order valence-electron chi connectivity index (χ1n) is 15.2. The molecule has 1 aromatic rings. The largest absolute Gasteiger partial charge is 0.465 e. The molecule has 0 radical (unpaired) electrons. The summed E-state index contributed by atoms with van der Waals surface area (Å²) in [5, 5.41) is 12.4. The Morgan fingerprint density at radius 1 is 1.02 bits per heavy atom. The highest BCUT2D eigenvalue weighted by atomic mass is 32.2. The number of nitrogens with two attached hydrogens (primary N) is 1. The van der Waals surface area contributed by atoms with Gasteiger partial charge in [0.1, 0.15) is 17.5 Å². The summed E-state index contributed by atoms with van der Waals surface area (Å²) in [6.45, 7) is 2.59. The molecule has 0 spiro atoms. The topological polar surface area (TPSA) is 140 Å². The Morgan fingerprint density at radius 3 is 2.14 bits per heavy atom. The summed E-state index contributed by atoms with van der Waals surface area (Å²) in [6.07, 6.45) is 32.2. The molecule has 0 unspecified atom stereocenters. The molecule has 2 amide bonds. The lowest BCUT2D eigenvalue weighted by atomic mass is 10.2. The van der Waals surface area contributed by atoms with Gasteiger partial charge in [0.05, 0.1) is 6.54 Å². The minimum atomic E-state index is -1.10. The summed E-state index contributed by atoms with van der Waals surface area (Å²) >= 11 is 1.42. The number of aromatic nitrogens is 2. The van der Waals surface area contributed by atoms with Crippen molar-refractivity contribution in [1.82, 2.24) is 19.8 Å². The van der Waals surface area contributed by atoms with Crippen molar-refractivity contribution in [3.63, 3.8) is 0 Å². The molecule has 1 fully saturated rings.